The molecule has 2 aromatic rings. The van der Waals surface area contributed by atoms with Gasteiger partial charge in [0.15, 0.2) is 0 Å². The number of hydrazine groups is 1. The topological polar surface area (TPSA) is 89.4 Å². The molecule has 0 saturated carbocycles. The average molecular weight is 364 g/mol. The van der Waals surface area contributed by atoms with Crippen molar-refractivity contribution in [3.8, 4) is 0 Å². The van der Waals surface area contributed by atoms with Crippen molar-refractivity contribution in [1.29, 1.82) is 0 Å². The van der Waals surface area contributed by atoms with E-state index in [-0.39, 0.29) is 17.7 Å². The van der Waals surface area contributed by atoms with Gasteiger partial charge in [-0.25, -0.2) is 0 Å². The Kier molecular flexibility index (Phi) is 6.73. The van der Waals surface area contributed by atoms with Gasteiger partial charge in [0.05, 0.1) is 12.1 Å². The van der Waals surface area contributed by atoms with Crippen molar-refractivity contribution in [2.24, 2.45) is 0 Å². The lowest BCUT2D eigenvalue weighted by Gasteiger charge is -2.10. The Morgan fingerprint density at radius 3 is 2.52 bits per heavy atom. The molecule has 0 unspecified atom stereocenters. The molecule has 2 amide bonds. The predicted octanol–water partition coefficient (Wildman–Crippen LogP) is 1.35. The summed E-state index contributed by atoms with van der Waals surface area (Å²) in [4.78, 5) is 35.5. The Balaban J connectivity index is 2.04. The number of pyridine rings is 1. The van der Waals surface area contributed by atoms with Gasteiger partial charge < -0.3 is 9.30 Å². The summed E-state index contributed by atoms with van der Waals surface area (Å²) < 4.78 is 6.33. The Bertz CT molecular complexity index is 802. The molecule has 1 aromatic heterocycles. The standard InChI is InChI=1S/C17H18ClN3O4/c1-2-25-11-15(22)19-20-17(24)13-5-8-16(23)21(10-13)9-12-3-6-14(18)7-4-12/h3-8,10H,2,9,11H2,1H3,(H,19,22)(H,20,24). The molecular weight excluding hydrogens is 346 g/mol. The van der Waals surface area contributed by atoms with Gasteiger partial charge in [-0.15, -0.1) is 0 Å². The normalized spacial score (nSPS) is 10.3. The van der Waals surface area contributed by atoms with Gasteiger partial charge in [-0.3, -0.25) is 25.2 Å². The first-order valence-corrected chi connectivity index (χ1v) is 7.99. The molecule has 0 saturated heterocycles. The van der Waals surface area contributed by atoms with Crippen molar-refractivity contribution in [1.82, 2.24) is 15.4 Å². The number of aromatic nitrogens is 1. The molecule has 0 radical (unpaired) electrons. The van der Waals surface area contributed by atoms with Gasteiger partial charge in [0.25, 0.3) is 17.4 Å². The third-order valence-corrected chi connectivity index (χ3v) is 3.52. The van der Waals surface area contributed by atoms with Gasteiger partial charge in [0.1, 0.15) is 6.61 Å². The highest BCUT2D eigenvalue weighted by Crippen LogP contribution is 2.10. The highest BCUT2D eigenvalue weighted by Gasteiger charge is 2.09. The Morgan fingerprint density at radius 2 is 1.84 bits per heavy atom. The maximum atomic E-state index is 12.1. The minimum atomic E-state index is -0.533. The molecule has 132 valence electrons. The van der Waals surface area contributed by atoms with Crippen LogP contribution >= 0.6 is 11.6 Å². The maximum absolute atomic E-state index is 12.1. The number of ether oxygens (including phenoxy) is 1. The van der Waals surface area contributed by atoms with E-state index in [1.807, 2.05) is 0 Å². The van der Waals surface area contributed by atoms with E-state index in [2.05, 4.69) is 10.9 Å². The molecule has 1 aromatic carbocycles. The molecule has 7 nitrogen and oxygen atoms in total. The largest absolute Gasteiger partial charge is 0.372 e. The fourth-order valence-corrected chi connectivity index (χ4v) is 2.13. The number of halogens is 1. The molecule has 0 aliphatic carbocycles. The first-order chi connectivity index (χ1) is 12.0. The number of hydrogen-bond donors (Lipinski definition) is 2. The minimum Gasteiger partial charge on any atom is -0.372 e. The molecule has 0 aliphatic rings. The molecule has 1 heterocycles. The second kappa shape index (κ2) is 9.00. The van der Waals surface area contributed by atoms with Crippen LogP contribution in [0.5, 0.6) is 0 Å². The summed E-state index contributed by atoms with van der Waals surface area (Å²) in [7, 11) is 0. The second-order valence-electron chi connectivity index (χ2n) is 5.15. The minimum absolute atomic E-state index is 0.146. The monoisotopic (exact) mass is 363 g/mol. The number of carbonyl (C=O) groups excluding carboxylic acids is 2. The maximum Gasteiger partial charge on any atom is 0.271 e. The van der Waals surface area contributed by atoms with Crippen molar-refractivity contribution < 1.29 is 14.3 Å². The second-order valence-corrected chi connectivity index (χ2v) is 5.59. The van der Waals surface area contributed by atoms with Gasteiger partial charge in [0.2, 0.25) is 0 Å². The van der Waals surface area contributed by atoms with Crippen LogP contribution < -0.4 is 16.4 Å². The van der Waals surface area contributed by atoms with E-state index in [0.717, 1.165) is 5.56 Å². The molecule has 2 rings (SSSR count). The molecule has 2 N–H and O–H groups in total. The Morgan fingerprint density at radius 1 is 1.12 bits per heavy atom. The highest BCUT2D eigenvalue weighted by atomic mass is 35.5. The number of nitrogens with zero attached hydrogens (tertiary/aromatic N) is 1. The lowest BCUT2D eigenvalue weighted by atomic mass is 10.2. The van der Waals surface area contributed by atoms with E-state index >= 15 is 0 Å². The fraction of sp³-hybridized carbons (Fsp3) is 0.235. The average Bonchev–Trinajstić information content (AvgIpc) is 2.61. The van der Waals surface area contributed by atoms with Crippen LogP contribution in [0.3, 0.4) is 0 Å². The number of carbonyl (C=O) groups is 2. The van der Waals surface area contributed by atoms with Crippen molar-refractivity contribution in [3.05, 3.63) is 69.1 Å². The van der Waals surface area contributed by atoms with Crippen molar-refractivity contribution in [2.45, 2.75) is 13.5 Å². The predicted molar refractivity (Wildman–Crippen MR) is 93.4 cm³/mol. The fourth-order valence-electron chi connectivity index (χ4n) is 2.01. The van der Waals surface area contributed by atoms with Crippen molar-refractivity contribution in [2.75, 3.05) is 13.2 Å². The summed E-state index contributed by atoms with van der Waals surface area (Å²) in [5.41, 5.74) is 5.38. The summed E-state index contributed by atoms with van der Waals surface area (Å²) in [6.07, 6.45) is 1.43. The third kappa shape index (κ3) is 5.74. The van der Waals surface area contributed by atoms with Crippen LogP contribution in [-0.4, -0.2) is 29.6 Å². The molecule has 0 spiro atoms. The molecule has 25 heavy (non-hydrogen) atoms. The van der Waals surface area contributed by atoms with Gasteiger partial charge in [-0.2, -0.15) is 0 Å². The number of rotatable bonds is 6. The zero-order valence-electron chi connectivity index (χ0n) is 13.6. The highest BCUT2D eigenvalue weighted by molar-refractivity contribution is 6.30. The molecule has 0 aliphatic heterocycles. The Labute approximate surface area is 149 Å². The molecule has 0 bridgehead atoms. The summed E-state index contributed by atoms with van der Waals surface area (Å²) in [6.45, 7) is 2.31. The number of nitrogens with one attached hydrogen (secondary N) is 2. The smallest absolute Gasteiger partial charge is 0.271 e. The lowest BCUT2D eigenvalue weighted by Crippen LogP contribution is -2.43. The number of benzene rings is 1. The van der Waals surface area contributed by atoms with Crippen LogP contribution in [0, 0.1) is 0 Å². The van der Waals surface area contributed by atoms with Gasteiger partial charge >= 0.3 is 0 Å². The van der Waals surface area contributed by atoms with E-state index in [1.165, 1.54) is 22.9 Å². The summed E-state index contributed by atoms with van der Waals surface area (Å²) in [5.74, 6) is -1.00. The van der Waals surface area contributed by atoms with Crippen LogP contribution in [0.1, 0.15) is 22.8 Å². The van der Waals surface area contributed by atoms with Gasteiger partial charge in [0, 0.05) is 23.9 Å². The van der Waals surface area contributed by atoms with Crippen molar-refractivity contribution in [3.63, 3.8) is 0 Å². The third-order valence-electron chi connectivity index (χ3n) is 3.26. The van der Waals surface area contributed by atoms with Crippen LogP contribution in [0.15, 0.2) is 47.4 Å². The zero-order valence-corrected chi connectivity index (χ0v) is 14.4. The first kappa shape index (κ1) is 18.7. The van der Waals surface area contributed by atoms with Crippen molar-refractivity contribution >= 4 is 23.4 Å². The van der Waals surface area contributed by atoms with E-state index < -0.39 is 11.8 Å². The lowest BCUT2D eigenvalue weighted by molar-refractivity contribution is -0.126. The van der Waals surface area contributed by atoms with E-state index in [0.29, 0.717) is 18.2 Å². The SMILES string of the molecule is CCOCC(=O)NNC(=O)c1ccc(=O)n(Cc2ccc(Cl)cc2)c1. The van der Waals surface area contributed by atoms with Crippen LogP contribution in [-0.2, 0) is 16.1 Å². The number of hydrogen-bond acceptors (Lipinski definition) is 4. The molecular formula is C17H18ClN3O4. The van der Waals surface area contributed by atoms with E-state index in [9.17, 15) is 14.4 Å². The Hall–Kier alpha value is -2.64. The van der Waals surface area contributed by atoms with Crippen LogP contribution in [0.2, 0.25) is 5.02 Å². The molecule has 8 heteroatoms. The molecule has 0 fully saturated rings. The first-order valence-electron chi connectivity index (χ1n) is 7.61. The molecule has 0 atom stereocenters. The summed E-state index contributed by atoms with van der Waals surface area (Å²) in [6, 6.07) is 9.75. The van der Waals surface area contributed by atoms with Gasteiger partial charge in [-0.1, -0.05) is 23.7 Å². The summed E-state index contributed by atoms with van der Waals surface area (Å²) >= 11 is 5.84. The number of amides is 2. The summed E-state index contributed by atoms with van der Waals surface area (Å²) in [5, 5.41) is 0.604. The van der Waals surface area contributed by atoms with Gasteiger partial charge in [-0.05, 0) is 30.7 Å². The van der Waals surface area contributed by atoms with Crippen LogP contribution in [0.25, 0.3) is 0 Å². The van der Waals surface area contributed by atoms with E-state index in [1.54, 1.807) is 31.2 Å². The zero-order chi connectivity index (χ0) is 18.2. The van der Waals surface area contributed by atoms with Crippen LogP contribution in [0.4, 0.5) is 0 Å². The quantitative estimate of drug-likeness (QED) is 0.758. The van der Waals surface area contributed by atoms with E-state index in [4.69, 9.17) is 16.3 Å².